The molecule has 0 N–H and O–H groups in total. The molecule has 0 aromatic carbocycles. The molecule has 0 saturated carbocycles. The van der Waals surface area contributed by atoms with Gasteiger partial charge in [0.1, 0.15) is 0 Å². The fraction of sp³-hybridized carbons (Fsp3) is 0. The van der Waals surface area contributed by atoms with Gasteiger partial charge in [0.2, 0.25) is 0 Å². The largest absolute Gasteiger partial charge is 5.00 e. The zero-order valence-electron chi connectivity index (χ0n) is 2.08. The van der Waals surface area contributed by atoms with Gasteiger partial charge in [-0.1, -0.05) is 0 Å². The second kappa shape index (κ2) is 174. The van der Waals surface area contributed by atoms with Crippen molar-refractivity contribution in [3.8, 4) is 0 Å². The summed E-state index contributed by atoms with van der Waals surface area (Å²) in [6.45, 7) is 0. The SMILES string of the molecule is [O-2].[O-2].[O-2].[O-2].[Ta+5]. The van der Waals surface area contributed by atoms with Crippen molar-refractivity contribution in [2.24, 2.45) is 0 Å². The monoisotopic (exact) mass is 245 g/mol. The molecule has 0 radical (unpaired) electrons. The summed E-state index contributed by atoms with van der Waals surface area (Å²) in [7, 11) is 0. The minimum atomic E-state index is 0. The number of rotatable bonds is 0. The summed E-state index contributed by atoms with van der Waals surface area (Å²) in [5.74, 6) is 0. The summed E-state index contributed by atoms with van der Waals surface area (Å²) in [4.78, 5) is 0. The average molecular weight is 245 g/mol. The third-order valence-electron chi connectivity index (χ3n) is 0. The summed E-state index contributed by atoms with van der Waals surface area (Å²) in [5, 5.41) is 0. The summed E-state index contributed by atoms with van der Waals surface area (Å²) >= 11 is 0. The van der Waals surface area contributed by atoms with E-state index in [1.807, 2.05) is 0 Å². The third-order valence-corrected chi connectivity index (χ3v) is 0. The molecule has 0 atom stereocenters. The van der Waals surface area contributed by atoms with Crippen LogP contribution in [-0.2, 0) is 44.3 Å². The molecule has 0 aliphatic rings. The Morgan fingerprint density at radius 1 is 0.400 bits per heavy atom. The molecule has 0 aliphatic carbocycles. The molecule has 5 heteroatoms. The first kappa shape index (κ1) is 348. The molecule has 0 aromatic heterocycles. The van der Waals surface area contributed by atoms with Crippen molar-refractivity contribution >= 4 is 0 Å². The third kappa shape index (κ3) is 90.6. The zero-order chi connectivity index (χ0) is 0. The van der Waals surface area contributed by atoms with Crippen molar-refractivity contribution in [1.82, 2.24) is 0 Å². The van der Waals surface area contributed by atoms with E-state index in [1.165, 1.54) is 0 Å². The van der Waals surface area contributed by atoms with Crippen molar-refractivity contribution < 1.29 is 44.3 Å². The van der Waals surface area contributed by atoms with Gasteiger partial charge in [0.05, 0.1) is 0 Å². The summed E-state index contributed by atoms with van der Waals surface area (Å²) in [6.07, 6.45) is 0. The Hall–Kier alpha value is 0.580. The smallest absolute Gasteiger partial charge is 2.00 e. The topological polar surface area (TPSA) is 114 Å². The molecule has 32 valence electrons. The van der Waals surface area contributed by atoms with Crippen LogP contribution in [0.4, 0.5) is 0 Å². The Morgan fingerprint density at radius 2 is 0.400 bits per heavy atom. The fourth-order valence-corrected chi connectivity index (χ4v) is 0. The second-order valence-electron chi connectivity index (χ2n) is 0. The molecule has 0 fully saturated rings. The minimum absolute atomic E-state index is 0. The molecule has 0 rings (SSSR count). The molecule has 0 aliphatic heterocycles. The van der Waals surface area contributed by atoms with E-state index >= 15 is 0 Å². The average Bonchev–Trinajstić information content (AvgIpc) is 0. The van der Waals surface area contributed by atoms with Crippen LogP contribution in [0.3, 0.4) is 0 Å². The van der Waals surface area contributed by atoms with Gasteiger partial charge in [0.15, 0.2) is 0 Å². The Kier molecular flexibility index (Phi) is 12100. The Labute approximate surface area is 44.9 Å². The predicted molar refractivity (Wildman–Crippen MR) is 2.75 cm³/mol. The first-order chi connectivity index (χ1) is 0. The van der Waals surface area contributed by atoms with E-state index in [0.717, 1.165) is 0 Å². The minimum Gasteiger partial charge on any atom is -2.00 e. The maximum absolute atomic E-state index is 0. The quantitative estimate of drug-likeness (QED) is 0.548. The molecule has 5 heavy (non-hydrogen) atoms. The maximum Gasteiger partial charge on any atom is 5.00 e. The van der Waals surface area contributed by atoms with Crippen LogP contribution in [0.5, 0.6) is 0 Å². The van der Waals surface area contributed by atoms with Gasteiger partial charge in [-0.15, -0.1) is 0 Å². The van der Waals surface area contributed by atoms with Crippen LogP contribution in [0, 0.1) is 0 Å². The van der Waals surface area contributed by atoms with Crippen molar-refractivity contribution in [2.45, 2.75) is 0 Å². The van der Waals surface area contributed by atoms with Gasteiger partial charge in [-0.2, -0.15) is 0 Å². The summed E-state index contributed by atoms with van der Waals surface area (Å²) in [6, 6.07) is 0. The first-order valence-corrected chi connectivity index (χ1v) is 0. The van der Waals surface area contributed by atoms with E-state index in [0.29, 0.717) is 0 Å². The Bertz CT molecular complexity index is 3.61. The normalized spacial score (nSPS) is 0. The van der Waals surface area contributed by atoms with Gasteiger partial charge in [-0.3, -0.25) is 0 Å². The molecule has 0 bridgehead atoms. The summed E-state index contributed by atoms with van der Waals surface area (Å²) < 4.78 is 0. The Balaban J connectivity index is 0. The van der Waals surface area contributed by atoms with E-state index in [4.69, 9.17) is 0 Å². The molecule has 4 nitrogen and oxygen atoms in total. The molecular formula is O4Ta-3. The first-order valence-electron chi connectivity index (χ1n) is 0. The van der Waals surface area contributed by atoms with Gasteiger partial charge in [0, 0.05) is 0 Å². The second-order valence-corrected chi connectivity index (χ2v) is 0. The van der Waals surface area contributed by atoms with Gasteiger partial charge < -0.3 is 21.9 Å². The van der Waals surface area contributed by atoms with Crippen LogP contribution < -0.4 is 0 Å². The van der Waals surface area contributed by atoms with Crippen molar-refractivity contribution in [2.75, 3.05) is 0 Å². The molecule has 0 amide bonds. The number of hydrogen-bond donors (Lipinski definition) is 0. The molecule has 0 saturated heterocycles. The van der Waals surface area contributed by atoms with Crippen LogP contribution >= 0.6 is 0 Å². The Morgan fingerprint density at radius 3 is 0.400 bits per heavy atom. The zero-order valence-corrected chi connectivity index (χ0v) is 5.29. The fourth-order valence-electron chi connectivity index (χ4n) is 0. The van der Waals surface area contributed by atoms with Crippen LogP contribution in [0.2, 0.25) is 0 Å². The van der Waals surface area contributed by atoms with Gasteiger partial charge in [-0.05, 0) is 0 Å². The van der Waals surface area contributed by atoms with Crippen molar-refractivity contribution in [1.29, 1.82) is 0 Å². The van der Waals surface area contributed by atoms with Gasteiger partial charge in [-0.25, -0.2) is 0 Å². The molecular weight excluding hydrogens is 245 g/mol. The molecule has 0 aromatic rings. The molecule has 0 unspecified atom stereocenters. The van der Waals surface area contributed by atoms with Crippen LogP contribution in [0.25, 0.3) is 0 Å². The van der Waals surface area contributed by atoms with Crippen LogP contribution in [0.15, 0.2) is 0 Å². The predicted octanol–water partition coefficient (Wildman–Crippen LogP) is -0.478. The van der Waals surface area contributed by atoms with E-state index in [1.54, 1.807) is 0 Å². The van der Waals surface area contributed by atoms with Gasteiger partial charge in [0.25, 0.3) is 0 Å². The maximum atomic E-state index is 0. The van der Waals surface area contributed by atoms with Crippen molar-refractivity contribution in [3.05, 3.63) is 0 Å². The van der Waals surface area contributed by atoms with E-state index in [2.05, 4.69) is 0 Å². The van der Waals surface area contributed by atoms with Crippen LogP contribution in [0.1, 0.15) is 0 Å². The summed E-state index contributed by atoms with van der Waals surface area (Å²) in [5.41, 5.74) is 0. The van der Waals surface area contributed by atoms with Crippen LogP contribution in [-0.4, -0.2) is 0 Å². The number of hydrogen-bond acceptors (Lipinski definition) is 0. The van der Waals surface area contributed by atoms with E-state index in [-0.39, 0.29) is 44.3 Å². The van der Waals surface area contributed by atoms with E-state index < -0.39 is 0 Å². The van der Waals surface area contributed by atoms with Gasteiger partial charge >= 0.3 is 22.4 Å². The molecule has 0 heterocycles. The van der Waals surface area contributed by atoms with Crippen molar-refractivity contribution in [3.63, 3.8) is 0 Å². The molecule has 0 spiro atoms. The standard InChI is InChI=1S/4O.Ta/q4*-2;+5. The van der Waals surface area contributed by atoms with E-state index in [9.17, 15) is 0 Å².